The van der Waals surface area contributed by atoms with Crippen molar-refractivity contribution >= 4 is 11.8 Å². The first-order valence-corrected chi connectivity index (χ1v) is 8.71. The summed E-state index contributed by atoms with van der Waals surface area (Å²) in [6.45, 7) is 7.76. The summed E-state index contributed by atoms with van der Waals surface area (Å²) in [5.74, 6) is 2.85. The fraction of sp³-hybridized carbons (Fsp3) is 0.647. The van der Waals surface area contributed by atoms with Gasteiger partial charge in [-0.3, -0.25) is 0 Å². The average molecular weight is 295 g/mol. The molecule has 0 saturated carbocycles. The summed E-state index contributed by atoms with van der Waals surface area (Å²) in [7, 11) is 1.71. The first kappa shape index (κ1) is 17.4. The van der Waals surface area contributed by atoms with Gasteiger partial charge < -0.3 is 10.1 Å². The predicted octanol–water partition coefficient (Wildman–Crippen LogP) is 4.00. The zero-order chi connectivity index (χ0) is 15.0. The fourth-order valence-electron chi connectivity index (χ4n) is 2.11. The Balaban J connectivity index is 2.57. The summed E-state index contributed by atoms with van der Waals surface area (Å²) < 4.78 is 5.22. The molecule has 1 unspecified atom stereocenters. The van der Waals surface area contributed by atoms with Crippen LogP contribution in [0.15, 0.2) is 24.3 Å². The molecule has 0 aliphatic carbocycles. The van der Waals surface area contributed by atoms with Gasteiger partial charge in [0.25, 0.3) is 0 Å². The number of benzene rings is 1. The van der Waals surface area contributed by atoms with Crippen LogP contribution in [0.4, 0.5) is 0 Å². The lowest BCUT2D eigenvalue weighted by molar-refractivity contribution is 0.364. The van der Waals surface area contributed by atoms with Gasteiger partial charge in [0, 0.05) is 5.54 Å². The quantitative estimate of drug-likeness (QED) is 0.783. The van der Waals surface area contributed by atoms with Gasteiger partial charge in [-0.15, -0.1) is 0 Å². The summed E-state index contributed by atoms with van der Waals surface area (Å²) in [6, 6.07) is 8.47. The van der Waals surface area contributed by atoms with Crippen LogP contribution >= 0.6 is 11.8 Å². The zero-order valence-corrected chi connectivity index (χ0v) is 14.3. The molecule has 1 N–H and O–H groups in total. The zero-order valence-electron chi connectivity index (χ0n) is 13.5. The second kappa shape index (κ2) is 8.58. The van der Waals surface area contributed by atoms with Crippen LogP contribution in [0.2, 0.25) is 0 Å². The van der Waals surface area contributed by atoms with E-state index in [0.29, 0.717) is 5.92 Å². The molecule has 0 bridgehead atoms. The van der Waals surface area contributed by atoms with Gasteiger partial charge in [-0.2, -0.15) is 11.8 Å². The minimum Gasteiger partial charge on any atom is -0.497 e. The highest BCUT2D eigenvalue weighted by Crippen LogP contribution is 2.18. The molecular formula is C17H29NOS. The first-order chi connectivity index (χ1) is 9.44. The molecule has 0 aliphatic rings. The lowest BCUT2D eigenvalue weighted by atomic mass is 9.95. The van der Waals surface area contributed by atoms with Crippen molar-refractivity contribution in [3.8, 4) is 5.75 Å². The molecule has 0 saturated heterocycles. The van der Waals surface area contributed by atoms with Gasteiger partial charge in [-0.1, -0.05) is 12.1 Å². The van der Waals surface area contributed by atoms with Crippen LogP contribution in [-0.4, -0.2) is 31.2 Å². The smallest absolute Gasteiger partial charge is 0.118 e. The standard InChI is InChI=1S/C17H29NOS/c1-17(2,3)18-13-15(10-11-20-5)12-14-6-8-16(19-4)9-7-14/h6-9,15,18H,10-13H2,1-5H3. The van der Waals surface area contributed by atoms with Gasteiger partial charge in [0.15, 0.2) is 0 Å². The van der Waals surface area contributed by atoms with Crippen molar-refractivity contribution in [3.05, 3.63) is 29.8 Å². The molecule has 3 heteroatoms. The van der Waals surface area contributed by atoms with Crippen molar-refractivity contribution in [1.82, 2.24) is 5.32 Å². The highest BCUT2D eigenvalue weighted by atomic mass is 32.2. The largest absolute Gasteiger partial charge is 0.497 e. The maximum absolute atomic E-state index is 5.22. The van der Waals surface area contributed by atoms with Crippen molar-refractivity contribution in [2.75, 3.05) is 25.7 Å². The van der Waals surface area contributed by atoms with Crippen LogP contribution in [0, 0.1) is 5.92 Å². The monoisotopic (exact) mass is 295 g/mol. The number of ether oxygens (including phenoxy) is 1. The summed E-state index contributed by atoms with van der Waals surface area (Å²) >= 11 is 1.93. The van der Waals surface area contributed by atoms with Crippen LogP contribution in [0.5, 0.6) is 5.75 Å². The number of nitrogens with one attached hydrogen (secondary N) is 1. The molecule has 2 nitrogen and oxygen atoms in total. The number of hydrogen-bond acceptors (Lipinski definition) is 3. The molecule has 114 valence electrons. The Morgan fingerprint density at radius 1 is 1.20 bits per heavy atom. The van der Waals surface area contributed by atoms with Crippen LogP contribution in [0.3, 0.4) is 0 Å². The van der Waals surface area contributed by atoms with E-state index < -0.39 is 0 Å². The SMILES string of the molecule is COc1ccc(CC(CCSC)CNC(C)(C)C)cc1. The van der Waals surface area contributed by atoms with Crippen molar-refractivity contribution < 1.29 is 4.74 Å². The summed E-state index contributed by atoms with van der Waals surface area (Å²) in [5.41, 5.74) is 1.59. The normalized spacial score (nSPS) is 13.2. The Bertz CT molecular complexity index is 370. The maximum Gasteiger partial charge on any atom is 0.118 e. The van der Waals surface area contributed by atoms with Gasteiger partial charge >= 0.3 is 0 Å². The third kappa shape index (κ3) is 7.20. The van der Waals surface area contributed by atoms with Crippen molar-refractivity contribution in [2.45, 2.75) is 39.2 Å². The van der Waals surface area contributed by atoms with E-state index in [4.69, 9.17) is 4.74 Å². The molecule has 20 heavy (non-hydrogen) atoms. The fourth-order valence-corrected chi connectivity index (χ4v) is 2.68. The Morgan fingerprint density at radius 3 is 2.35 bits per heavy atom. The number of rotatable bonds is 8. The first-order valence-electron chi connectivity index (χ1n) is 7.31. The van der Waals surface area contributed by atoms with E-state index in [1.165, 1.54) is 17.7 Å². The Morgan fingerprint density at radius 2 is 1.85 bits per heavy atom. The molecule has 0 amide bonds. The predicted molar refractivity (Wildman–Crippen MR) is 90.9 cm³/mol. The van der Waals surface area contributed by atoms with Gasteiger partial charge in [0.2, 0.25) is 0 Å². The third-order valence-electron chi connectivity index (χ3n) is 3.33. The van der Waals surface area contributed by atoms with Crippen LogP contribution in [-0.2, 0) is 6.42 Å². The molecule has 0 aromatic heterocycles. The number of hydrogen-bond donors (Lipinski definition) is 1. The van der Waals surface area contributed by atoms with E-state index in [2.05, 4.69) is 56.6 Å². The average Bonchev–Trinajstić information content (AvgIpc) is 2.41. The molecular weight excluding hydrogens is 266 g/mol. The van der Waals surface area contributed by atoms with Gasteiger partial charge in [0.05, 0.1) is 7.11 Å². The van der Waals surface area contributed by atoms with E-state index in [0.717, 1.165) is 18.7 Å². The van der Waals surface area contributed by atoms with Gasteiger partial charge in [-0.05, 0) is 75.8 Å². The lowest BCUT2D eigenvalue weighted by Gasteiger charge is -2.25. The maximum atomic E-state index is 5.22. The van der Waals surface area contributed by atoms with Crippen molar-refractivity contribution in [1.29, 1.82) is 0 Å². The summed E-state index contributed by atoms with van der Waals surface area (Å²) in [6.07, 6.45) is 4.57. The van der Waals surface area contributed by atoms with Crippen LogP contribution in [0.25, 0.3) is 0 Å². The molecule has 0 spiro atoms. The highest BCUT2D eigenvalue weighted by Gasteiger charge is 2.14. The van der Waals surface area contributed by atoms with E-state index in [9.17, 15) is 0 Å². The topological polar surface area (TPSA) is 21.3 Å². The lowest BCUT2D eigenvalue weighted by Crippen LogP contribution is -2.39. The van der Waals surface area contributed by atoms with Crippen molar-refractivity contribution in [2.24, 2.45) is 5.92 Å². The molecule has 1 rings (SSSR count). The molecule has 0 radical (unpaired) electrons. The van der Waals surface area contributed by atoms with Gasteiger partial charge in [0.1, 0.15) is 5.75 Å². The molecule has 0 fully saturated rings. The minimum absolute atomic E-state index is 0.192. The molecule has 0 aliphatic heterocycles. The molecule has 0 heterocycles. The molecule has 1 aromatic rings. The molecule has 1 aromatic carbocycles. The van der Waals surface area contributed by atoms with Crippen molar-refractivity contribution in [3.63, 3.8) is 0 Å². The summed E-state index contributed by atoms with van der Waals surface area (Å²) in [5, 5.41) is 3.64. The highest BCUT2D eigenvalue weighted by molar-refractivity contribution is 7.98. The Kier molecular flexibility index (Phi) is 7.46. The minimum atomic E-state index is 0.192. The van der Waals surface area contributed by atoms with E-state index in [1.807, 2.05) is 11.8 Å². The second-order valence-electron chi connectivity index (χ2n) is 6.33. The van der Waals surface area contributed by atoms with E-state index >= 15 is 0 Å². The Hall–Kier alpha value is -0.670. The number of methoxy groups -OCH3 is 1. The third-order valence-corrected chi connectivity index (χ3v) is 3.98. The van der Waals surface area contributed by atoms with E-state index in [-0.39, 0.29) is 5.54 Å². The van der Waals surface area contributed by atoms with Gasteiger partial charge in [-0.25, -0.2) is 0 Å². The number of thioether (sulfide) groups is 1. The van der Waals surface area contributed by atoms with Crippen LogP contribution < -0.4 is 10.1 Å². The summed E-state index contributed by atoms with van der Waals surface area (Å²) in [4.78, 5) is 0. The second-order valence-corrected chi connectivity index (χ2v) is 7.32. The molecule has 1 atom stereocenters. The van der Waals surface area contributed by atoms with E-state index in [1.54, 1.807) is 7.11 Å². The Labute approximate surface area is 128 Å². The van der Waals surface area contributed by atoms with Crippen LogP contribution in [0.1, 0.15) is 32.8 Å².